The van der Waals surface area contributed by atoms with E-state index in [-0.39, 0.29) is 11.9 Å². The summed E-state index contributed by atoms with van der Waals surface area (Å²) in [7, 11) is 0. The molecule has 0 unspecified atom stereocenters. The van der Waals surface area contributed by atoms with Crippen LogP contribution in [0.4, 0.5) is 5.69 Å². The summed E-state index contributed by atoms with van der Waals surface area (Å²) in [5.41, 5.74) is 8.27. The van der Waals surface area contributed by atoms with Crippen molar-refractivity contribution in [3.63, 3.8) is 0 Å². The van der Waals surface area contributed by atoms with Gasteiger partial charge in [-0.25, -0.2) is 0 Å². The molecule has 0 aliphatic carbocycles. The van der Waals surface area contributed by atoms with E-state index in [2.05, 4.69) is 10.3 Å². The van der Waals surface area contributed by atoms with Gasteiger partial charge in [-0.05, 0) is 48.4 Å². The fourth-order valence-electron chi connectivity index (χ4n) is 1.78. The van der Waals surface area contributed by atoms with E-state index in [1.807, 2.05) is 31.2 Å². The van der Waals surface area contributed by atoms with Crippen molar-refractivity contribution in [1.82, 2.24) is 10.3 Å². The Morgan fingerprint density at radius 1 is 1.20 bits per heavy atom. The quantitative estimate of drug-likeness (QED) is 0.660. The van der Waals surface area contributed by atoms with Crippen molar-refractivity contribution in [2.45, 2.75) is 13.0 Å². The summed E-state index contributed by atoms with van der Waals surface area (Å²) in [4.78, 5) is 15.8. The van der Waals surface area contributed by atoms with Crippen molar-refractivity contribution in [2.75, 3.05) is 5.73 Å². The lowest BCUT2D eigenvalue weighted by Crippen LogP contribution is -2.24. The molecule has 1 aromatic carbocycles. The largest absolute Gasteiger partial charge is 0.399 e. The van der Waals surface area contributed by atoms with Gasteiger partial charge >= 0.3 is 0 Å². The van der Waals surface area contributed by atoms with E-state index < -0.39 is 0 Å². The molecule has 1 aromatic heterocycles. The molecule has 20 heavy (non-hydrogen) atoms. The first kappa shape index (κ1) is 13.8. The molecule has 1 atom stereocenters. The normalized spacial score (nSPS) is 12.2. The van der Waals surface area contributed by atoms with E-state index in [0.717, 1.165) is 11.1 Å². The van der Waals surface area contributed by atoms with E-state index in [4.69, 9.17) is 5.73 Å². The van der Waals surface area contributed by atoms with Crippen molar-refractivity contribution in [3.05, 3.63) is 66.0 Å². The van der Waals surface area contributed by atoms with Gasteiger partial charge in [0.2, 0.25) is 5.91 Å². The first-order chi connectivity index (χ1) is 9.65. The second-order valence-corrected chi connectivity index (χ2v) is 4.51. The fourth-order valence-corrected chi connectivity index (χ4v) is 1.78. The Bertz CT molecular complexity index is 591. The zero-order valence-corrected chi connectivity index (χ0v) is 11.3. The van der Waals surface area contributed by atoms with Crippen molar-refractivity contribution >= 4 is 17.7 Å². The molecule has 2 rings (SSSR count). The summed E-state index contributed by atoms with van der Waals surface area (Å²) in [5, 5.41) is 2.90. The number of carbonyl (C=O) groups excluding carboxylic acids is 1. The zero-order chi connectivity index (χ0) is 14.4. The molecular formula is C16H17N3O. The van der Waals surface area contributed by atoms with Crippen molar-refractivity contribution < 1.29 is 4.79 Å². The highest BCUT2D eigenvalue weighted by Gasteiger charge is 2.06. The van der Waals surface area contributed by atoms with Crippen LogP contribution < -0.4 is 11.1 Å². The molecule has 102 valence electrons. The number of nitrogens with two attached hydrogens (primary N) is 1. The van der Waals surface area contributed by atoms with Crippen molar-refractivity contribution in [1.29, 1.82) is 0 Å². The standard InChI is InChI=1S/C16H17N3O/c1-12(14-8-10-18-11-9-14)19-16(20)7-4-13-2-5-15(17)6-3-13/h2-12H,17H2,1H3,(H,19,20)/b7-4+/t12-/m1/s1. The van der Waals surface area contributed by atoms with Crippen LogP contribution in [0.15, 0.2) is 54.9 Å². The van der Waals surface area contributed by atoms with Crippen LogP contribution in [0.5, 0.6) is 0 Å². The third-order valence-electron chi connectivity index (χ3n) is 2.93. The number of anilines is 1. The van der Waals surface area contributed by atoms with Gasteiger partial charge in [-0.3, -0.25) is 9.78 Å². The van der Waals surface area contributed by atoms with Gasteiger partial charge in [0, 0.05) is 24.2 Å². The average Bonchev–Trinajstić information content (AvgIpc) is 2.47. The minimum absolute atomic E-state index is 0.0541. The molecule has 4 heteroatoms. The second kappa shape index (κ2) is 6.52. The monoisotopic (exact) mass is 267 g/mol. The Balaban J connectivity index is 1.94. The Morgan fingerprint density at radius 2 is 1.85 bits per heavy atom. The molecule has 0 saturated carbocycles. The number of hydrogen-bond acceptors (Lipinski definition) is 3. The van der Waals surface area contributed by atoms with Gasteiger partial charge in [0.25, 0.3) is 0 Å². The van der Waals surface area contributed by atoms with Crippen LogP contribution in [0.3, 0.4) is 0 Å². The Kier molecular flexibility index (Phi) is 4.50. The highest BCUT2D eigenvalue weighted by atomic mass is 16.1. The van der Waals surface area contributed by atoms with E-state index in [0.29, 0.717) is 5.69 Å². The molecule has 0 radical (unpaired) electrons. The van der Waals surface area contributed by atoms with Crippen molar-refractivity contribution in [3.8, 4) is 0 Å². The van der Waals surface area contributed by atoms with Gasteiger partial charge in [-0.15, -0.1) is 0 Å². The summed E-state index contributed by atoms with van der Waals surface area (Å²) in [6, 6.07) is 11.1. The van der Waals surface area contributed by atoms with Crippen LogP contribution in [-0.4, -0.2) is 10.9 Å². The predicted octanol–water partition coefficient (Wildman–Crippen LogP) is 2.55. The minimum Gasteiger partial charge on any atom is -0.399 e. The highest BCUT2D eigenvalue weighted by Crippen LogP contribution is 2.10. The maximum Gasteiger partial charge on any atom is 0.244 e. The maximum absolute atomic E-state index is 11.8. The van der Waals surface area contributed by atoms with Crippen LogP contribution in [0.2, 0.25) is 0 Å². The zero-order valence-electron chi connectivity index (χ0n) is 11.3. The van der Waals surface area contributed by atoms with Gasteiger partial charge in [0.1, 0.15) is 0 Å². The molecule has 0 aliphatic rings. The lowest BCUT2D eigenvalue weighted by Gasteiger charge is -2.12. The molecule has 1 amide bonds. The molecule has 0 fully saturated rings. The number of hydrogen-bond donors (Lipinski definition) is 2. The number of amides is 1. The van der Waals surface area contributed by atoms with Crippen LogP contribution in [0, 0.1) is 0 Å². The Hall–Kier alpha value is -2.62. The molecular weight excluding hydrogens is 250 g/mol. The van der Waals surface area contributed by atoms with E-state index in [1.165, 1.54) is 6.08 Å². The summed E-state index contributed by atoms with van der Waals surface area (Å²) < 4.78 is 0. The van der Waals surface area contributed by atoms with Gasteiger partial charge in [0.15, 0.2) is 0 Å². The first-order valence-electron chi connectivity index (χ1n) is 6.39. The van der Waals surface area contributed by atoms with Crippen LogP contribution in [0.1, 0.15) is 24.1 Å². The molecule has 3 N–H and O–H groups in total. The fraction of sp³-hybridized carbons (Fsp3) is 0.125. The summed E-state index contributed by atoms with van der Waals surface area (Å²) in [6.45, 7) is 1.93. The predicted molar refractivity (Wildman–Crippen MR) is 80.7 cm³/mol. The first-order valence-corrected chi connectivity index (χ1v) is 6.39. The molecule has 0 aliphatic heterocycles. The molecule has 2 aromatic rings. The SMILES string of the molecule is C[C@@H](NC(=O)/C=C/c1ccc(N)cc1)c1ccncc1. The number of pyridine rings is 1. The summed E-state index contributed by atoms with van der Waals surface area (Å²) in [5.74, 6) is -0.133. The third-order valence-corrected chi connectivity index (χ3v) is 2.93. The molecule has 0 bridgehead atoms. The van der Waals surface area contributed by atoms with E-state index >= 15 is 0 Å². The van der Waals surface area contributed by atoms with Gasteiger partial charge < -0.3 is 11.1 Å². The maximum atomic E-state index is 11.8. The van der Waals surface area contributed by atoms with Gasteiger partial charge in [-0.2, -0.15) is 0 Å². The molecule has 1 heterocycles. The van der Waals surface area contributed by atoms with E-state index in [1.54, 1.807) is 30.6 Å². The van der Waals surface area contributed by atoms with Gasteiger partial charge in [-0.1, -0.05) is 12.1 Å². The number of carbonyl (C=O) groups is 1. The second-order valence-electron chi connectivity index (χ2n) is 4.51. The van der Waals surface area contributed by atoms with Crippen LogP contribution in [-0.2, 0) is 4.79 Å². The lowest BCUT2D eigenvalue weighted by atomic mass is 10.1. The van der Waals surface area contributed by atoms with Gasteiger partial charge in [0.05, 0.1) is 6.04 Å². The number of rotatable bonds is 4. The summed E-state index contributed by atoms with van der Waals surface area (Å²) in [6.07, 6.45) is 6.70. The number of benzene rings is 1. The van der Waals surface area contributed by atoms with Crippen LogP contribution in [0.25, 0.3) is 6.08 Å². The molecule has 4 nitrogen and oxygen atoms in total. The summed E-state index contributed by atoms with van der Waals surface area (Å²) >= 11 is 0. The smallest absolute Gasteiger partial charge is 0.244 e. The van der Waals surface area contributed by atoms with E-state index in [9.17, 15) is 4.79 Å². The lowest BCUT2D eigenvalue weighted by molar-refractivity contribution is -0.117. The number of nitrogen functional groups attached to an aromatic ring is 1. The van der Waals surface area contributed by atoms with Crippen molar-refractivity contribution in [2.24, 2.45) is 0 Å². The average molecular weight is 267 g/mol. The third kappa shape index (κ3) is 3.95. The molecule has 0 saturated heterocycles. The highest BCUT2D eigenvalue weighted by molar-refractivity contribution is 5.92. The number of aromatic nitrogens is 1. The topological polar surface area (TPSA) is 68.0 Å². The number of nitrogens with zero attached hydrogens (tertiary/aromatic N) is 1. The number of nitrogens with one attached hydrogen (secondary N) is 1. The minimum atomic E-state index is -0.133. The molecule has 0 spiro atoms. The Labute approximate surface area is 118 Å². The van der Waals surface area contributed by atoms with Crippen LogP contribution >= 0.6 is 0 Å². The Morgan fingerprint density at radius 3 is 2.50 bits per heavy atom.